The second-order valence-corrected chi connectivity index (χ2v) is 9.44. The monoisotopic (exact) mass is 526 g/mol. The number of aliphatic hydroxyl groups excluding tert-OH is 1. The van der Waals surface area contributed by atoms with E-state index in [-0.39, 0.29) is 24.5 Å². The van der Waals surface area contributed by atoms with Gasteiger partial charge in [-0.25, -0.2) is 4.79 Å². The first-order chi connectivity index (χ1) is 18.9. The zero-order chi connectivity index (χ0) is 27.1. The van der Waals surface area contributed by atoms with E-state index in [1.165, 1.54) is 12.1 Å². The molecule has 0 aliphatic carbocycles. The molecule has 0 saturated carbocycles. The maximum absolute atomic E-state index is 12.2. The SMILES string of the molecule is CCOC(=O)c1ccc(C2(c3ccccc3)Oc3ccc(C4Oc5cc(O)cc(O)c5CC4O)cc3O2)cc1. The number of hydrogen-bond donors (Lipinski definition) is 3. The topological polar surface area (TPSA) is 115 Å². The number of aromatic hydroxyl groups is 2. The van der Waals surface area contributed by atoms with Crippen LogP contribution in [0.15, 0.2) is 84.9 Å². The van der Waals surface area contributed by atoms with Gasteiger partial charge in [0, 0.05) is 35.2 Å². The summed E-state index contributed by atoms with van der Waals surface area (Å²) >= 11 is 0. The van der Waals surface area contributed by atoms with E-state index >= 15 is 0 Å². The normalized spacial score (nSPS) is 21.1. The number of phenolic OH excluding ortho intramolecular Hbond substituents is 2. The highest BCUT2D eigenvalue weighted by molar-refractivity contribution is 5.89. The van der Waals surface area contributed by atoms with Crippen molar-refractivity contribution in [2.45, 2.75) is 31.3 Å². The van der Waals surface area contributed by atoms with Crippen LogP contribution in [0.5, 0.6) is 28.7 Å². The predicted molar refractivity (Wildman–Crippen MR) is 140 cm³/mol. The van der Waals surface area contributed by atoms with Gasteiger partial charge < -0.3 is 34.3 Å². The van der Waals surface area contributed by atoms with Gasteiger partial charge in [-0.15, -0.1) is 0 Å². The van der Waals surface area contributed by atoms with Crippen molar-refractivity contribution in [3.8, 4) is 28.7 Å². The smallest absolute Gasteiger partial charge is 0.338 e. The van der Waals surface area contributed by atoms with Crippen LogP contribution >= 0.6 is 0 Å². The molecule has 8 nitrogen and oxygen atoms in total. The molecule has 39 heavy (non-hydrogen) atoms. The lowest BCUT2D eigenvalue weighted by Gasteiger charge is -2.31. The number of hydrogen-bond acceptors (Lipinski definition) is 8. The zero-order valence-electron chi connectivity index (χ0n) is 21.0. The van der Waals surface area contributed by atoms with Crippen LogP contribution in [-0.2, 0) is 16.9 Å². The fourth-order valence-corrected chi connectivity index (χ4v) is 5.04. The number of phenols is 2. The molecule has 4 aromatic rings. The molecule has 0 saturated heterocycles. The number of fused-ring (bicyclic) bond motifs is 2. The van der Waals surface area contributed by atoms with Crippen LogP contribution in [0.3, 0.4) is 0 Å². The van der Waals surface area contributed by atoms with Crippen LogP contribution in [0.1, 0.15) is 45.6 Å². The molecule has 3 unspecified atom stereocenters. The molecule has 2 aliphatic rings. The van der Waals surface area contributed by atoms with Gasteiger partial charge in [-0.2, -0.15) is 0 Å². The van der Waals surface area contributed by atoms with Crippen molar-refractivity contribution >= 4 is 5.97 Å². The Balaban J connectivity index is 1.35. The third kappa shape index (κ3) is 4.28. The Morgan fingerprint density at radius 3 is 2.36 bits per heavy atom. The first-order valence-electron chi connectivity index (χ1n) is 12.6. The Labute approximate surface area is 224 Å². The molecule has 0 fully saturated rings. The van der Waals surface area contributed by atoms with Gasteiger partial charge in [0.05, 0.1) is 18.3 Å². The molecular weight excluding hydrogens is 500 g/mol. The first kappa shape index (κ1) is 24.6. The molecule has 2 heterocycles. The van der Waals surface area contributed by atoms with Crippen molar-refractivity contribution in [3.63, 3.8) is 0 Å². The summed E-state index contributed by atoms with van der Waals surface area (Å²) in [7, 11) is 0. The molecule has 0 spiro atoms. The molecule has 3 atom stereocenters. The molecule has 6 rings (SSSR count). The molecule has 4 aromatic carbocycles. The number of carbonyl (C=O) groups excluding carboxylic acids is 1. The van der Waals surface area contributed by atoms with Gasteiger partial charge >= 0.3 is 11.8 Å². The summed E-state index contributed by atoms with van der Waals surface area (Å²) < 4.78 is 24.1. The number of benzene rings is 4. The Morgan fingerprint density at radius 2 is 1.62 bits per heavy atom. The highest BCUT2D eigenvalue weighted by Crippen LogP contribution is 2.50. The van der Waals surface area contributed by atoms with Gasteiger partial charge in [-0.05, 0) is 48.9 Å². The summed E-state index contributed by atoms with van der Waals surface area (Å²) in [6.45, 7) is 2.04. The zero-order valence-corrected chi connectivity index (χ0v) is 21.0. The lowest BCUT2D eigenvalue weighted by atomic mass is 9.94. The molecule has 3 N–H and O–H groups in total. The highest BCUT2D eigenvalue weighted by Gasteiger charge is 2.46. The molecule has 8 heteroatoms. The predicted octanol–water partition coefficient (Wildman–Crippen LogP) is 4.98. The maximum Gasteiger partial charge on any atom is 0.338 e. The second-order valence-electron chi connectivity index (χ2n) is 9.44. The Kier molecular flexibility index (Phi) is 6.04. The average Bonchev–Trinajstić information content (AvgIpc) is 3.34. The average molecular weight is 527 g/mol. The number of esters is 1. The van der Waals surface area contributed by atoms with Crippen molar-refractivity contribution in [1.29, 1.82) is 0 Å². The van der Waals surface area contributed by atoms with Crippen molar-refractivity contribution < 1.29 is 39.1 Å². The first-order valence-corrected chi connectivity index (χ1v) is 12.6. The molecule has 0 amide bonds. The number of carbonyl (C=O) groups is 1. The molecule has 198 valence electrons. The van der Waals surface area contributed by atoms with Crippen LogP contribution in [0, 0.1) is 0 Å². The third-order valence-electron chi connectivity index (χ3n) is 6.92. The van der Waals surface area contributed by atoms with Gasteiger partial charge in [0.15, 0.2) is 11.5 Å². The minimum absolute atomic E-state index is 0.130. The van der Waals surface area contributed by atoms with E-state index in [1.54, 1.807) is 49.4 Å². The fraction of sp³-hybridized carbons (Fsp3) is 0.194. The summed E-state index contributed by atoms with van der Waals surface area (Å²) in [4.78, 5) is 12.2. The molecule has 0 radical (unpaired) electrons. The standard InChI is InChI=1S/C31H26O8/c1-2-36-30(35)18-8-11-21(12-9-18)31(20-6-4-3-5-7-20)38-26-13-10-19(14-28(26)39-31)29-25(34)17-23-24(33)15-22(32)16-27(23)37-29/h3-16,25,29,32-34H,2,17H2,1H3. The fourth-order valence-electron chi connectivity index (χ4n) is 5.04. The number of aliphatic hydroxyl groups is 1. The van der Waals surface area contributed by atoms with Crippen molar-refractivity contribution in [1.82, 2.24) is 0 Å². The van der Waals surface area contributed by atoms with E-state index in [0.717, 1.165) is 5.56 Å². The molecule has 2 aliphatic heterocycles. The van der Waals surface area contributed by atoms with Crippen molar-refractivity contribution in [2.24, 2.45) is 0 Å². The van der Waals surface area contributed by atoms with E-state index in [1.807, 2.05) is 30.3 Å². The van der Waals surface area contributed by atoms with E-state index < -0.39 is 24.0 Å². The number of rotatable bonds is 5. The Morgan fingerprint density at radius 1 is 0.897 bits per heavy atom. The minimum Gasteiger partial charge on any atom is -0.508 e. The van der Waals surface area contributed by atoms with E-state index in [4.69, 9.17) is 18.9 Å². The quantitative estimate of drug-likeness (QED) is 0.312. The van der Waals surface area contributed by atoms with Crippen LogP contribution in [0.4, 0.5) is 0 Å². The lowest BCUT2D eigenvalue weighted by molar-refractivity contribution is -0.0460. The van der Waals surface area contributed by atoms with Crippen molar-refractivity contribution in [2.75, 3.05) is 6.61 Å². The van der Waals surface area contributed by atoms with E-state index in [2.05, 4.69) is 0 Å². The van der Waals surface area contributed by atoms with Crippen LogP contribution in [0.2, 0.25) is 0 Å². The van der Waals surface area contributed by atoms with E-state index in [0.29, 0.717) is 39.5 Å². The van der Waals surface area contributed by atoms with Gasteiger partial charge in [0.1, 0.15) is 23.4 Å². The summed E-state index contributed by atoms with van der Waals surface area (Å²) in [5.41, 5.74) is 2.92. The summed E-state index contributed by atoms with van der Waals surface area (Å²) in [6.07, 6.45) is -1.55. The third-order valence-corrected chi connectivity index (χ3v) is 6.92. The van der Waals surface area contributed by atoms with Gasteiger partial charge in [-0.3, -0.25) is 0 Å². The maximum atomic E-state index is 12.2. The largest absolute Gasteiger partial charge is 0.508 e. The van der Waals surface area contributed by atoms with Crippen LogP contribution in [-0.4, -0.2) is 34.0 Å². The minimum atomic E-state index is -1.31. The summed E-state index contributed by atoms with van der Waals surface area (Å²) in [5, 5.41) is 30.9. The molecular formula is C31H26O8. The molecule has 0 bridgehead atoms. The second kappa shape index (κ2) is 9.56. The summed E-state index contributed by atoms with van der Waals surface area (Å²) in [6, 6.07) is 24.3. The van der Waals surface area contributed by atoms with Crippen LogP contribution in [0.25, 0.3) is 0 Å². The Bertz CT molecular complexity index is 1530. The van der Waals surface area contributed by atoms with Crippen molar-refractivity contribution in [3.05, 3.63) is 113 Å². The Hall–Kier alpha value is -4.69. The van der Waals surface area contributed by atoms with Gasteiger partial charge in [0.2, 0.25) is 0 Å². The van der Waals surface area contributed by atoms with Gasteiger partial charge in [-0.1, -0.05) is 36.4 Å². The summed E-state index contributed by atoms with van der Waals surface area (Å²) in [5.74, 6) is -0.729. The van der Waals surface area contributed by atoms with E-state index in [9.17, 15) is 20.1 Å². The number of ether oxygens (including phenoxy) is 4. The van der Waals surface area contributed by atoms with Crippen LogP contribution < -0.4 is 14.2 Å². The van der Waals surface area contributed by atoms with Gasteiger partial charge in [0.25, 0.3) is 0 Å². The lowest BCUT2D eigenvalue weighted by Crippen LogP contribution is -2.36. The highest BCUT2D eigenvalue weighted by atomic mass is 16.7. The molecule has 0 aromatic heterocycles.